The van der Waals surface area contributed by atoms with Gasteiger partial charge < -0.3 is 10.6 Å². The topological polar surface area (TPSA) is 88.2 Å². The van der Waals surface area contributed by atoms with Crippen LogP contribution in [0.25, 0.3) is 0 Å². The number of pyridine rings is 1. The van der Waals surface area contributed by atoms with E-state index in [1.165, 1.54) is 5.56 Å². The van der Waals surface area contributed by atoms with E-state index in [4.69, 9.17) is 0 Å². The lowest BCUT2D eigenvalue weighted by atomic mass is 10.1. The number of benzene rings is 1. The Morgan fingerprint density at radius 2 is 1.96 bits per heavy atom. The molecule has 1 aromatic heterocycles. The molecule has 1 unspecified atom stereocenters. The van der Waals surface area contributed by atoms with Gasteiger partial charge in [0.15, 0.2) is 9.84 Å². The lowest BCUT2D eigenvalue weighted by molar-refractivity contribution is 0.102. The highest BCUT2D eigenvalue weighted by Gasteiger charge is 2.27. The summed E-state index contributed by atoms with van der Waals surface area (Å²) in [6.07, 6.45) is 3.07. The molecule has 2 N–H and O–H groups in total. The summed E-state index contributed by atoms with van der Waals surface area (Å²) < 4.78 is 23.1. The smallest absolute Gasteiger partial charge is 0.274 e. The van der Waals surface area contributed by atoms with Gasteiger partial charge in [0, 0.05) is 23.6 Å². The molecule has 1 aliphatic rings. The Balaban J connectivity index is 1.66. The number of aryl methyl sites for hydroxylation is 1. The van der Waals surface area contributed by atoms with Crippen molar-refractivity contribution in [2.45, 2.75) is 25.8 Å². The Bertz CT molecular complexity index is 863. The van der Waals surface area contributed by atoms with Crippen molar-refractivity contribution in [2.75, 3.05) is 22.1 Å². The van der Waals surface area contributed by atoms with Gasteiger partial charge >= 0.3 is 0 Å². The van der Waals surface area contributed by atoms with E-state index in [9.17, 15) is 13.2 Å². The van der Waals surface area contributed by atoms with Gasteiger partial charge in [0.2, 0.25) is 0 Å². The van der Waals surface area contributed by atoms with Gasteiger partial charge in [-0.15, -0.1) is 0 Å². The van der Waals surface area contributed by atoms with Gasteiger partial charge in [-0.2, -0.15) is 0 Å². The quantitative estimate of drug-likeness (QED) is 0.856. The molecule has 6 nitrogen and oxygen atoms in total. The zero-order valence-electron chi connectivity index (χ0n) is 14.0. The Hall–Kier alpha value is -2.41. The van der Waals surface area contributed by atoms with Gasteiger partial charge in [0.05, 0.1) is 11.5 Å². The first-order valence-electron chi connectivity index (χ1n) is 8.28. The number of aromatic nitrogens is 1. The second-order valence-corrected chi connectivity index (χ2v) is 8.41. The SMILES string of the molecule is CCc1ccc(NC(=O)c2cc(NC3CCS(=O)(=O)C3)ccn2)cc1. The Kier molecular flexibility index (Phi) is 5.03. The highest BCUT2D eigenvalue weighted by molar-refractivity contribution is 7.91. The summed E-state index contributed by atoms with van der Waals surface area (Å²) in [4.78, 5) is 16.5. The molecule has 0 spiro atoms. The molecule has 132 valence electrons. The first-order chi connectivity index (χ1) is 11.9. The number of nitrogens with zero attached hydrogens (tertiary/aromatic N) is 1. The van der Waals surface area contributed by atoms with E-state index in [0.717, 1.165) is 6.42 Å². The minimum Gasteiger partial charge on any atom is -0.381 e. The maximum absolute atomic E-state index is 12.4. The third kappa shape index (κ3) is 4.57. The lowest BCUT2D eigenvalue weighted by Gasteiger charge is -2.13. The van der Waals surface area contributed by atoms with Crippen LogP contribution in [0.5, 0.6) is 0 Å². The van der Waals surface area contributed by atoms with Crippen LogP contribution < -0.4 is 10.6 Å². The van der Waals surface area contributed by atoms with Gasteiger partial charge in [-0.3, -0.25) is 9.78 Å². The predicted octanol–water partition coefficient (Wildman–Crippen LogP) is 2.50. The van der Waals surface area contributed by atoms with Crippen LogP contribution in [0, 0.1) is 0 Å². The first-order valence-corrected chi connectivity index (χ1v) is 10.1. The molecule has 0 aliphatic carbocycles. The number of rotatable bonds is 5. The van der Waals surface area contributed by atoms with E-state index in [2.05, 4.69) is 22.5 Å². The summed E-state index contributed by atoms with van der Waals surface area (Å²) in [5.74, 6) is 0.0317. The fourth-order valence-corrected chi connectivity index (χ4v) is 4.48. The zero-order valence-corrected chi connectivity index (χ0v) is 14.8. The van der Waals surface area contributed by atoms with Gasteiger partial charge in [-0.05, 0) is 42.7 Å². The minimum atomic E-state index is -2.95. The van der Waals surface area contributed by atoms with Crippen molar-refractivity contribution in [1.29, 1.82) is 0 Å². The monoisotopic (exact) mass is 359 g/mol. The summed E-state index contributed by atoms with van der Waals surface area (Å²) in [7, 11) is -2.95. The van der Waals surface area contributed by atoms with Gasteiger partial charge in [0.25, 0.3) is 5.91 Å². The molecule has 0 saturated carbocycles. The summed E-state index contributed by atoms with van der Waals surface area (Å²) >= 11 is 0. The average Bonchev–Trinajstić information content (AvgIpc) is 2.94. The molecule has 7 heteroatoms. The van der Waals surface area contributed by atoms with Crippen LogP contribution in [-0.2, 0) is 16.3 Å². The zero-order chi connectivity index (χ0) is 17.9. The summed E-state index contributed by atoms with van der Waals surface area (Å²) in [6.45, 7) is 2.07. The Labute approximate surface area is 147 Å². The Morgan fingerprint density at radius 3 is 2.60 bits per heavy atom. The third-order valence-corrected chi connectivity index (χ3v) is 5.98. The van der Waals surface area contributed by atoms with Crippen LogP contribution in [0.15, 0.2) is 42.6 Å². The van der Waals surface area contributed by atoms with Crippen LogP contribution in [0.3, 0.4) is 0 Å². The molecule has 1 fully saturated rings. The highest BCUT2D eigenvalue weighted by atomic mass is 32.2. The van der Waals surface area contributed by atoms with Crippen molar-refractivity contribution >= 4 is 27.1 Å². The van der Waals surface area contributed by atoms with Crippen LogP contribution in [0.2, 0.25) is 0 Å². The van der Waals surface area contributed by atoms with Crippen molar-refractivity contribution in [1.82, 2.24) is 4.98 Å². The number of anilines is 2. The van der Waals surface area contributed by atoms with Gasteiger partial charge in [0.1, 0.15) is 5.69 Å². The van der Waals surface area contributed by atoms with E-state index < -0.39 is 9.84 Å². The maximum Gasteiger partial charge on any atom is 0.274 e. The molecule has 0 radical (unpaired) electrons. The number of hydrogen-bond donors (Lipinski definition) is 2. The summed E-state index contributed by atoms with van der Waals surface area (Å²) in [5.41, 5.74) is 2.90. The number of sulfone groups is 1. The first kappa shape index (κ1) is 17.4. The predicted molar refractivity (Wildman–Crippen MR) is 98.7 cm³/mol. The summed E-state index contributed by atoms with van der Waals surface area (Å²) in [5, 5.41) is 5.99. The largest absolute Gasteiger partial charge is 0.381 e. The van der Waals surface area contributed by atoms with E-state index in [-0.39, 0.29) is 29.1 Å². The minimum absolute atomic E-state index is 0.120. The highest BCUT2D eigenvalue weighted by Crippen LogP contribution is 2.18. The normalized spacial score (nSPS) is 18.7. The van der Waals surface area contributed by atoms with E-state index in [1.807, 2.05) is 24.3 Å². The molecule has 1 atom stereocenters. The van der Waals surface area contributed by atoms with E-state index in [1.54, 1.807) is 18.3 Å². The molecular formula is C18H21N3O3S. The second-order valence-electron chi connectivity index (χ2n) is 6.18. The van der Waals surface area contributed by atoms with Gasteiger partial charge in [-0.1, -0.05) is 19.1 Å². The number of amides is 1. The van der Waals surface area contributed by atoms with E-state index >= 15 is 0 Å². The maximum atomic E-state index is 12.4. The van der Waals surface area contributed by atoms with Crippen molar-refractivity contribution in [3.8, 4) is 0 Å². The van der Waals surface area contributed by atoms with Crippen molar-refractivity contribution in [3.05, 3.63) is 53.9 Å². The number of hydrogen-bond acceptors (Lipinski definition) is 5. The number of carbonyl (C=O) groups is 1. The summed E-state index contributed by atoms with van der Waals surface area (Å²) in [6, 6.07) is 10.9. The molecule has 1 amide bonds. The molecular weight excluding hydrogens is 338 g/mol. The number of carbonyl (C=O) groups excluding carboxylic acids is 1. The third-order valence-electron chi connectivity index (χ3n) is 4.22. The molecule has 1 aliphatic heterocycles. The second kappa shape index (κ2) is 7.23. The van der Waals surface area contributed by atoms with Gasteiger partial charge in [-0.25, -0.2) is 8.42 Å². The van der Waals surface area contributed by atoms with Crippen LogP contribution in [-0.4, -0.2) is 36.9 Å². The molecule has 2 heterocycles. The Morgan fingerprint density at radius 1 is 1.20 bits per heavy atom. The molecule has 25 heavy (non-hydrogen) atoms. The molecule has 3 rings (SSSR count). The lowest BCUT2D eigenvalue weighted by Crippen LogP contribution is -2.21. The van der Waals surface area contributed by atoms with Crippen LogP contribution in [0.1, 0.15) is 29.4 Å². The standard InChI is InChI=1S/C18H21N3O3S/c1-2-13-3-5-14(6-4-13)21-18(22)17-11-15(7-9-19-17)20-16-8-10-25(23,24)12-16/h3-7,9,11,16H,2,8,10,12H2,1H3,(H,19,20)(H,21,22). The molecule has 1 aromatic carbocycles. The van der Waals surface area contributed by atoms with Crippen LogP contribution in [0.4, 0.5) is 11.4 Å². The number of nitrogens with one attached hydrogen (secondary N) is 2. The fraction of sp³-hybridized carbons (Fsp3) is 0.333. The fourth-order valence-electron chi connectivity index (χ4n) is 2.81. The van der Waals surface area contributed by atoms with Crippen molar-refractivity contribution < 1.29 is 13.2 Å². The average molecular weight is 359 g/mol. The molecule has 2 aromatic rings. The van der Waals surface area contributed by atoms with E-state index in [0.29, 0.717) is 17.8 Å². The van der Waals surface area contributed by atoms with Crippen molar-refractivity contribution in [3.63, 3.8) is 0 Å². The van der Waals surface area contributed by atoms with Crippen molar-refractivity contribution in [2.24, 2.45) is 0 Å². The molecule has 0 bridgehead atoms. The molecule has 1 saturated heterocycles. The van der Waals surface area contributed by atoms with Crippen LogP contribution >= 0.6 is 0 Å².